The highest BCUT2D eigenvalue weighted by molar-refractivity contribution is 6.30. The van der Waals surface area contributed by atoms with Crippen LogP contribution in [0.1, 0.15) is 18.4 Å². The molecular weight excluding hydrogens is 333 g/mol. The van der Waals surface area contributed by atoms with Gasteiger partial charge in [-0.25, -0.2) is 14.4 Å². The van der Waals surface area contributed by atoms with Gasteiger partial charge in [0.1, 0.15) is 6.10 Å². The molecule has 24 heavy (non-hydrogen) atoms. The lowest BCUT2D eigenvalue weighted by molar-refractivity contribution is -0.130. The SMILES string of the molecule is O=C(CCc1cccc(Cl)c1)N1CC[C@@H](Oc2ncc(F)cn2)C1. The van der Waals surface area contributed by atoms with E-state index in [0.717, 1.165) is 18.0 Å². The highest BCUT2D eigenvalue weighted by Crippen LogP contribution is 2.17. The molecule has 0 unspecified atom stereocenters. The molecule has 0 bridgehead atoms. The monoisotopic (exact) mass is 349 g/mol. The maximum Gasteiger partial charge on any atom is 0.316 e. The predicted molar refractivity (Wildman–Crippen MR) is 87.4 cm³/mol. The Morgan fingerprint density at radius 1 is 1.38 bits per heavy atom. The second-order valence-electron chi connectivity index (χ2n) is 5.68. The van der Waals surface area contributed by atoms with Crippen LogP contribution in [0, 0.1) is 5.82 Å². The van der Waals surface area contributed by atoms with E-state index >= 15 is 0 Å². The molecule has 5 nitrogen and oxygen atoms in total. The van der Waals surface area contributed by atoms with E-state index in [0.29, 0.717) is 37.4 Å². The first-order chi connectivity index (χ1) is 11.6. The number of amides is 1. The van der Waals surface area contributed by atoms with Crippen LogP contribution >= 0.6 is 11.6 Å². The molecule has 126 valence electrons. The lowest BCUT2D eigenvalue weighted by atomic mass is 10.1. The van der Waals surface area contributed by atoms with Gasteiger partial charge in [0, 0.05) is 24.4 Å². The van der Waals surface area contributed by atoms with Gasteiger partial charge < -0.3 is 9.64 Å². The number of carbonyl (C=O) groups is 1. The summed E-state index contributed by atoms with van der Waals surface area (Å²) >= 11 is 5.95. The second kappa shape index (κ2) is 7.57. The van der Waals surface area contributed by atoms with Crippen LogP contribution in [0.5, 0.6) is 6.01 Å². The molecule has 2 heterocycles. The molecule has 7 heteroatoms. The number of aryl methyl sites for hydroxylation is 1. The summed E-state index contributed by atoms with van der Waals surface area (Å²) in [7, 11) is 0. The first-order valence-corrected chi connectivity index (χ1v) is 8.14. The Morgan fingerprint density at radius 3 is 2.92 bits per heavy atom. The van der Waals surface area contributed by atoms with E-state index < -0.39 is 5.82 Å². The third kappa shape index (κ3) is 4.41. The number of carbonyl (C=O) groups excluding carboxylic acids is 1. The zero-order valence-electron chi connectivity index (χ0n) is 13.0. The van der Waals surface area contributed by atoms with Crippen LogP contribution in [0.25, 0.3) is 0 Å². The molecule has 2 aromatic rings. The molecule has 1 amide bonds. The van der Waals surface area contributed by atoms with Crippen molar-refractivity contribution in [1.82, 2.24) is 14.9 Å². The summed E-state index contributed by atoms with van der Waals surface area (Å²) in [6.45, 7) is 1.13. The fraction of sp³-hybridized carbons (Fsp3) is 0.353. The van der Waals surface area contributed by atoms with E-state index in [1.807, 2.05) is 24.3 Å². The molecule has 0 spiro atoms. The number of halogens is 2. The summed E-state index contributed by atoms with van der Waals surface area (Å²) in [5, 5.41) is 0.675. The third-order valence-corrected chi connectivity index (χ3v) is 4.12. The second-order valence-corrected chi connectivity index (χ2v) is 6.12. The van der Waals surface area contributed by atoms with Crippen LogP contribution in [-0.4, -0.2) is 40.0 Å². The Balaban J connectivity index is 1.48. The van der Waals surface area contributed by atoms with Gasteiger partial charge >= 0.3 is 6.01 Å². The molecule has 1 aliphatic rings. The fourth-order valence-electron chi connectivity index (χ4n) is 2.66. The van der Waals surface area contributed by atoms with Gasteiger partial charge in [0.25, 0.3) is 0 Å². The smallest absolute Gasteiger partial charge is 0.316 e. The van der Waals surface area contributed by atoms with Gasteiger partial charge in [-0.3, -0.25) is 4.79 Å². The van der Waals surface area contributed by atoms with E-state index in [-0.39, 0.29) is 18.0 Å². The van der Waals surface area contributed by atoms with Crippen molar-refractivity contribution in [3.8, 4) is 6.01 Å². The number of likely N-dealkylation sites (tertiary alicyclic amines) is 1. The average Bonchev–Trinajstić information content (AvgIpc) is 3.03. The van der Waals surface area contributed by atoms with Crippen LogP contribution in [-0.2, 0) is 11.2 Å². The number of hydrogen-bond acceptors (Lipinski definition) is 4. The number of aromatic nitrogens is 2. The fourth-order valence-corrected chi connectivity index (χ4v) is 2.88. The van der Waals surface area contributed by atoms with Gasteiger partial charge in [-0.15, -0.1) is 0 Å². The molecule has 1 aromatic heterocycles. The van der Waals surface area contributed by atoms with Gasteiger partial charge in [-0.05, 0) is 24.1 Å². The molecule has 0 radical (unpaired) electrons. The molecule has 0 aliphatic carbocycles. The van der Waals surface area contributed by atoms with Crippen molar-refractivity contribution in [1.29, 1.82) is 0 Å². The minimum Gasteiger partial charge on any atom is -0.458 e. The average molecular weight is 350 g/mol. The Labute approximate surface area is 144 Å². The van der Waals surface area contributed by atoms with Gasteiger partial charge in [-0.1, -0.05) is 23.7 Å². The van der Waals surface area contributed by atoms with E-state index in [2.05, 4.69) is 9.97 Å². The zero-order valence-corrected chi connectivity index (χ0v) is 13.7. The van der Waals surface area contributed by atoms with Crippen molar-refractivity contribution in [3.63, 3.8) is 0 Å². The Bertz CT molecular complexity index is 711. The molecule has 0 N–H and O–H groups in total. The first kappa shape index (κ1) is 16.6. The normalized spacial score (nSPS) is 17.1. The van der Waals surface area contributed by atoms with Crippen LogP contribution in [0.2, 0.25) is 5.02 Å². The van der Waals surface area contributed by atoms with Crippen LogP contribution in [0.15, 0.2) is 36.7 Å². The summed E-state index contributed by atoms with van der Waals surface area (Å²) in [4.78, 5) is 21.6. The molecule has 1 fully saturated rings. The van der Waals surface area contributed by atoms with Crippen molar-refractivity contribution >= 4 is 17.5 Å². The first-order valence-electron chi connectivity index (χ1n) is 7.76. The molecule has 0 saturated carbocycles. The highest BCUT2D eigenvalue weighted by Gasteiger charge is 2.27. The summed E-state index contributed by atoms with van der Waals surface area (Å²) in [6.07, 6.45) is 3.76. The largest absolute Gasteiger partial charge is 0.458 e. The highest BCUT2D eigenvalue weighted by atomic mass is 35.5. The number of hydrogen-bond donors (Lipinski definition) is 0. The predicted octanol–water partition coefficient (Wildman–Crippen LogP) is 2.88. The third-order valence-electron chi connectivity index (χ3n) is 3.88. The molecule has 3 rings (SSSR count). The minimum absolute atomic E-state index is 0.0844. The van der Waals surface area contributed by atoms with Crippen molar-refractivity contribution in [2.45, 2.75) is 25.4 Å². The van der Waals surface area contributed by atoms with E-state index in [1.165, 1.54) is 0 Å². The van der Waals surface area contributed by atoms with Crippen LogP contribution in [0.3, 0.4) is 0 Å². The number of benzene rings is 1. The molecule has 1 aromatic carbocycles. The maximum atomic E-state index is 12.8. The van der Waals surface area contributed by atoms with Crippen molar-refractivity contribution in [2.24, 2.45) is 0 Å². The Kier molecular flexibility index (Phi) is 5.25. The van der Waals surface area contributed by atoms with Gasteiger partial charge in [-0.2, -0.15) is 0 Å². The summed E-state index contributed by atoms with van der Waals surface area (Å²) in [5.74, 6) is -0.423. The Hall–Kier alpha value is -2.21. The lowest BCUT2D eigenvalue weighted by Gasteiger charge is -2.16. The van der Waals surface area contributed by atoms with Crippen molar-refractivity contribution < 1.29 is 13.9 Å². The summed E-state index contributed by atoms with van der Waals surface area (Å²) in [6, 6.07) is 7.66. The molecule has 1 atom stereocenters. The van der Waals surface area contributed by atoms with Crippen molar-refractivity contribution in [3.05, 3.63) is 53.1 Å². The molecule has 1 aliphatic heterocycles. The van der Waals surface area contributed by atoms with E-state index in [9.17, 15) is 9.18 Å². The summed E-state index contributed by atoms with van der Waals surface area (Å²) < 4.78 is 18.4. The summed E-state index contributed by atoms with van der Waals surface area (Å²) in [5.41, 5.74) is 1.04. The Morgan fingerprint density at radius 2 is 2.17 bits per heavy atom. The standard InChI is InChI=1S/C17H17ClFN3O2/c18-13-3-1-2-12(8-13)4-5-16(23)22-7-6-15(11-22)24-17-20-9-14(19)10-21-17/h1-3,8-10,15H,4-7,11H2/t15-/m1/s1. The van der Waals surface area contributed by atoms with Crippen LogP contribution < -0.4 is 4.74 Å². The topological polar surface area (TPSA) is 55.3 Å². The van der Waals surface area contributed by atoms with Gasteiger partial charge in [0.2, 0.25) is 5.91 Å². The van der Waals surface area contributed by atoms with E-state index in [1.54, 1.807) is 4.90 Å². The molecule has 1 saturated heterocycles. The van der Waals surface area contributed by atoms with E-state index in [4.69, 9.17) is 16.3 Å². The quantitative estimate of drug-likeness (QED) is 0.833. The van der Waals surface area contributed by atoms with Gasteiger partial charge in [0.15, 0.2) is 5.82 Å². The number of rotatable bonds is 5. The maximum absolute atomic E-state index is 12.8. The van der Waals surface area contributed by atoms with Crippen molar-refractivity contribution in [2.75, 3.05) is 13.1 Å². The number of ether oxygens (including phenoxy) is 1. The van der Waals surface area contributed by atoms with Crippen LogP contribution in [0.4, 0.5) is 4.39 Å². The lowest BCUT2D eigenvalue weighted by Crippen LogP contribution is -2.31. The van der Waals surface area contributed by atoms with Gasteiger partial charge in [0.05, 0.1) is 18.9 Å². The minimum atomic E-state index is -0.508. The zero-order chi connectivity index (χ0) is 16.9. The number of nitrogens with zero attached hydrogens (tertiary/aromatic N) is 3. The molecular formula is C17H17ClFN3O2.